The van der Waals surface area contributed by atoms with E-state index in [1.807, 2.05) is 0 Å². The van der Waals surface area contributed by atoms with Crippen LogP contribution in [0.1, 0.15) is 96.8 Å². The molecule has 0 amide bonds. The number of hydrogen-bond donors (Lipinski definition) is 3. The molecular formula is C23H46NO7P. The van der Waals surface area contributed by atoms with Gasteiger partial charge in [0.25, 0.3) is 0 Å². The number of esters is 1. The van der Waals surface area contributed by atoms with Crippen LogP contribution in [0.5, 0.6) is 0 Å². The Hall–Kier alpha value is -0.760. The molecule has 8 nitrogen and oxygen atoms in total. The van der Waals surface area contributed by atoms with Crippen LogP contribution in [-0.4, -0.2) is 48.4 Å². The van der Waals surface area contributed by atoms with E-state index in [2.05, 4.69) is 28.1 Å². The quantitative estimate of drug-likeness (QED) is 0.0806. The topological polar surface area (TPSA) is 128 Å². The molecule has 0 bridgehead atoms. The number of aliphatic hydroxyl groups excluding tert-OH is 1. The first-order valence-corrected chi connectivity index (χ1v) is 13.7. The maximum atomic E-state index is 11.7. The van der Waals surface area contributed by atoms with Crippen LogP contribution in [0.4, 0.5) is 0 Å². The Bertz CT molecular complexity index is 517. The second-order valence-electron chi connectivity index (χ2n) is 8.06. The first-order chi connectivity index (χ1) is 15.4. The lowest BCUT2D eigenvalue weighted by Crippen LogP contribution is -2.23. The lowest BCUT2D eigenvalue weighted by atomic mass is 10.1. The van der Waals surface area contributed by atoms with Gasteiger partial charge in [0.05, 0.1) is 13.2 Å². The van der Waals surface area contributed by atoms with E-state index in [-0.39, 0.29) is 26.2 Å². The molecule has 0 saturated carbocycles. The molecule has 0 aliphatic rings. The summed E-state index contributed by atoms with van der Waals surface area (Å²) in [5.41, 5.74) is 5.16. The van der Waals surface area contributed by atoms with Crippen molar-refractivity contribution in [1.29, 1.82) is 0 Å². The number of rotatable bonds is 23. The molecule has 190 valence electrons. The zero-order valence-corrected chi connectivity index (χ0v) is 20.8. The van der Waals surface area contributed by atoms with Crippen molar-refractivity contribution in [3.8, 4) is 0 Å². The average molecular weight is 480 g/mol. The Balaban J connectivity index is 3.51. The third-order valence-electron chi connectivity index (χ3n) is 4.88. The minimum Gasteiger partial charge on any atom is -0.463 e. The van der Waals surface area contributed by atoms with Crippen LogP contribution in [0.3, 0.4) is 0 Å². The molecule has 0 aromatic rings. The van der Waals surface area contributed by atoms with Crippen molar-refractivity contribution < 1.29 is 33.1 Å². The average Bonchev–Trinajstić information content (AvgIpc) is 2.77. The highest BCUT2D eigenvalue weighted by molar-refractivity contribution is 7.47. The molecule has 0 saturated heterocycles. The van der Waals surface area contributed by atoms with Gasteiger partial charge >= 0.3 is 13.8 Å². The molecule has 0 heterocycles. The SMILES string of the molecule is CCCCCCCCCCC/C=C/CCCCC(=O)OC[C@@H](O)COP(=O)(O)OCCN. The fourth-order valence-corrected chi connectivity index (χ4v) is 3.81. The maximum absolute atomic E-state index is 11.7. The molecule has 0 spiro atoms. The Labute approximate surface area is 194 Å². The van der Waals surface area contributed by atoms with Crippen LogP contribution in [0.15, 0.2) is 12.2 Å². The van der Waals surface area contributed by atoms with E-state index in [9.17, 15) is 19.4 Å². The number of carbonyl (C=O) groups is 1. The summed E-state index contributed by atoms with van der Waals surface area (Å²) in [5.74, 6) is -0.408. The molecule has 1 unspecified atom stereocenters. The largest absolute Gasteiger partial charge is 0.472 e. The third-order valence-corrected chi connectivity index (χ3v) is 5.87. The first kappa shape index (κ1) is 31.2. The van der Waals surface area contributed by atoms with Crippen LogP contribution in [0, 0.1) is 0 Å². The summed E-state index contributed by atoms with van der Waals surface area (Å²) >= 11 is 0. The van der Waals surface area contributed by atoms with Gasteiger partial charge < -0.3 is 20.5 Å². The van der Waals surface area contributed by atoms with Crippen LogP contribution in [-0.2, 0) is 23.1 Å². The van der Waals surface area contributed by atoms with Crippen molar-refractivity contribution >= 4 is 13.8 Å². The normalized spacial score (nSPS) is 14.5. The summed E-state index contributed by atoms with van der Waals surface area (Å²) in [5, 5.41) is 9.67. The fraction of sp³-hybridized carbons (Fsp3) is 0.870. The summed E-state index contributed by atoms with van der Waals surface area (Å²) in [6.07, 6.45) is 19.2. The lowest BCUT2D eigenvalue weighted by Gasteiger charge is -2.15. The molecule has 0 aromatic carbocycles. The van der Waals surface area contributed by atoms with E-state index in [1.165, 1.54) is 57.8 Å². The summed E-state index contributed by atoms with van der Waals surface area (Å²) < 4.78 is 25.5. The van der Waals surface area contributed by atoms with E-state index >= 15 is 0 Å². The van der Waals surface area contributed by atoms with E-state index in [1.54, 1.807) is 0 Å². The minimum absolute atomic E-state index is 0.0726. The Morgan fingerprint density at radius 2 is 1.47 bits per heavy atom. The number of aliphatic hydroxyl groups is 1. The standard InChI is InChI=1S/C23H46NO7P/c1-2-3-4-5-6-7-8-9-10-11-12-13-14-15-16-17-23(26)29-20-22(25)21-31-32(27,28)30-19-18-24/h12-13,22,25H,2-11,14-21,24H2,1H3,(H,27,28)/b13-12+/t22-/m1/s1. The number of allylic oxidation sites excluding steroid dienone is 2. The molecule has 4 N–H and O–H groups in total. The summed E-state index contributed by atoms with van der Waals surface area (Å²) in [6, 6.07) is 0. The highest BCUT2D eigenvalue weighted by Gasteiger charge is 2.22. The van der Waals surface area contributed by atoms with Crippen LogP contribution < -0.4 is 5.73 Å². The van der Waals surface area contributed by atoms with E-state index in [0.29, 0.717) is 6.42 Å². The monoisotopic (exact) mass is 479 g/mol. The van der Waals surface area contributed by atoms with Crippen molar-refractivity contribution in [2.75, 3.05) is 26.4 Å². The lowest BCUT2D eigenvalue weighted by molar-refractivity contribution is -0.147. The van der Waals surface area contributed by atoms with Crippen LogP contribution in [0.2, 0.25) is 0 Å². The second-order valence-corrected chi connectivity index (χ2v) is 9.51. The molecule has 9 heteroatoms. The van der Waals surface area contributed by atoms with Crippen LogP contribution >= 0.6 is 7.82 Å². The molecular weight excluding hydrogens is 433 g/mol. The van der Waals surface area contributed by atoms with Crippen molar-refractivity contribution in [3.05, 3.63) is 12.2 Å². The van der Waals surface area contributed by atoms with Gasteiger partial charge in [0, 0.05) is 13.0 Å². The molecule has 0 aromatic heterocycles. The van der Waals surface area contributed by atoms with Gasteiger partial charge in [-0.25, -0.2) is 4.57 Å². The Morgan fingerprint density at radius 1 is 0.906 bits per heavy atom. The van der Waals surface area contributed by atoms with Gasteiger partial charge in [-0.15, -0.1) is 0 Å². The van der Waals surface area contributed by atoms with Gasteiger partial charge in [-0.1, -0.05) is 70.4 Å². The van der Waals surface area contributed by atoms with Crippen molar-refractivity contribution in [3.63, 3.8) is 0 Å². The summed E-state index contributed by atoms with van der Waals surface area (Å²) in [6.45, 7) is 1.41. The zero-order chi connectivity index (χ0) is 23.9. The van der Waals surface area contributed by atoms with Gasteiger partial charge in [-0.05, 0) is 32.1 Å². The number of hydrogen-bond acceptors (Lipinski definition) is 7. The predicted molar refractivity (Wildman–Crippen MR) is 127 cm³/mol. The highest BCUT2D eigenvalue weighted by atomic mass is 31.2. The van der Waals surface area contributed by atoms with Gasteiger partial charge in [0.2, 0.25) is 0 Å². The number of carbonyl (C=O) groups excluding carboxylic acids is 1. The van der Waals surface area contributed by atoms with Crippen LogP contribution in [0.25, 0.3) is 0 Å². The molecule has 0 rings (SSSR count). The van der Waals surface area contributed by atoms with Gasteiger partial charge in [-0.2, -0.15) is 0 Å². The smallest absolute Gasteiger partial charge is 0.463 e. The minimum atomic E-state index is -4.24. The van der Waals surface area contributed by atoms with E-state index in [4.69, 9.17) is 10.5 Å². The van der Waals surface area contributed by atoms with Crippen molar-refractivity contribution in [2.45, 2.75) is 103 Å². The molecule has 0 radical (unpaired) electrons. The van der Waals surface area contributed by atoms with E-state index in [0.717, 1.165) is 19.3 Å². The second kappa shape index (κ2) is 22.1. The van der Waals surface area contributed by atoms with Crippen molar-refractivity contribution in [2.24, 2.45) is 5.73 Å². The Kier molecular flexibility index (Phi) is 21.5. The molecule has 32 heavy (non-hydrogen) atoms. The summed E-state index contributed by atoms with van der Waals surface area (Å²) in [7, 11) is -4.24. The number of ether oxygens (including phenoxy) is 1. The van der Waals surface area contributed by atoms with E-state index < -0.39 is 26.5 Å². The highest BCUT2D eigenvalue weighted by Crippen LogP contribution is 2.42. The number of nitrogens with two attached hydrogens (primary N) is 1. The Morgan fingerprint density at radius 3 is 2.06 bits per heavy atom. The van der Waals surface area contributed by atoms with Gasteiger partial charge in [-0.3, -0.25) is 13.8 Å². The molecule has 0 aliphatic heterocycles. The number of phosphoric acid groups is 1. The third kappa shape index (κ3) is 22.4. The molecule has 0 fully saturated rings. The molecule has 0 aliphatic carbocycles. The predicted octanol–water partition coefficient (Wildman–Crippen LogP) is 5.02. The fourth-order valence-electron chi connectivity index (χ4n) is 3.04. The van der Waals surface area contributed by atoms with Gasteiger partial charge in [0.1, 0.15) is 12.7 Å². The zero-order valence-electron chi connectivity index (χ0n) is 19.9. The van der Waals surface area contributed by atoms with Crippen molar-refractivity contribution in [1.82, 2.24) is 0 Å². The first-order valence-electron chi connectivity index (χ1n) is 12.2. The maximum Gasteiger partial charge on any atom is 0.472 e. The summed E-state index contributed by atoms with van der Waals surface area (Å²) in [4.78, 5) is 21.0. The van der Waals surface area contributed by atoms with Gasteiger partial charge in [0.15, 0.2) is 0 Å². The number of phosphoric ester groups is 1. The molecule has 2 atom stereocenters. The number of unbranched alkanes of at least 4 members (excludes halogenated alkanes) is 11.